The number of nitrogens with zero attached hydrogens (tertiary/aromatic N) is 6. The normalized spacial score (nSPS) is 16.4. The van der Waals surface area contributed by atoms with Gasteiger partial charge in [0.15, 0.2) is 17.3 Å². The van der Waals surface area contributed by atoms with Gasteiger partial charge in [0.25, 0.3) is 0 Å². The third-order valence-electron chi connectivity index (χ3n) is 5.61. The van der Waals surface area contributed by atoms with Crippen LogP contribution in [0, 0.1) is 0 Å². The molecule has 9 heteroatoms. The highest BCUT2D eigenvalue weighted by Crippen LogP contribution is 2.28. The van der Waals surface area contributed by atoms with Crippen molar-refractivity contribution in [3.8, 4) is 11.5 Å². The Kier molecular flexibility index (Phi) is 5.27. The highest BCUT2D eigenvalue weighted by molar-refractivity contribution is 5.83. The number of nitrogens with one attached hydrogen (secondary N) is 1. The molecule has 9 nitrogen and oxygen atoms in total. The van der Waals surface area contributed by atoms with E-state index in [2.05, 4.69) is 50.9 Å². The van der Waals surface area contributed by atoms with Crippen LogP contribution in [0.3, 0.4) is 0 Å². The summed E-state index contributed by atoms with van der Waals surface area (Å²) in [6, 6.07) is 1.15. The van der Waals surface area contributed by atoms with Gasteiger partial charge in [-0.2, -0.15) is 0 Å². The molecule has 3 aromatic rings. The van der Waals surface area contributed by atoms with Crippen molar-refractivity contribution in [3.05, 3.63) is 18.0 Å². The van der Waals surface area contributed by atoms with Gasteiger partial charge in [0.2, 0.25) is 0 Å². The van der Waals surface area contributed by atoms with E-state index in [-0.39, 0.29) is 5.82 Å². The lowest BCUT2D eigenvalue weighted by Gasteiger charge is -2.35. The molecule has 1 fully saturated rings. The second-order valence-corrected chi connectivity index (χ2v) is 7.63. The Morgan fingerprint density at radius 3 is 2.68 bits per heavy atom. The summed E-state index contributed by atoms with van der Waals surface area (Å²) in [6.45, 7) is 10.4. The predicted molar refractivity (Wildman–Crippen MR) is 107 cm³/mol. The Bertz CT molecular complexity index is 939. The molecule has 0 aliphatic carbocycles. The number of hydrogen-bond donors (Lipinski definition) is 2. The fourth-order valence-corrected chi connectivity index (χ4v) is 4.00. The molecule has 0 amide bonds. The van der Waals surface area contributed by atoms with E-state index in [1.807, 2.05) is 6.20 Å². The van der Waals surface area contributed by atoms with E-state index in [1.165, 1.54) is 12.8 Å². The van der Waals surface area contributed by atoms with Gasteiger partial charge in [-0.25, -0.2) is 9.61 Å². The molecule has 4 rings (SSSR count). The topological polar surface area (TPSA) is 111 Å². The largest absolute Gasteiger partial charge is 0.379 e. The van der Waals surface area contributed by atoms with Gasteiger partial charge in [0, 0.05) is 36.9 Å². The molecule has 1 aliphatic rings. The zero-order valence-corrected chi connectivity index (χ0v) is 16.7. The molecule has 3 aromatic heterocycles. The minimum absolute atomic E-state index is 0.245. The Labute approximate surface area is 164 Å². The molecule has 0 atom stereocenters. The second-order valence-electron chi connectivity index (χ2n) is 7.63. The first kappa shape index (κ1) is 18.8. The second kappa shape index (κ2) is 7.84. The van der Waals surface area contributed by atoms with E-state index in [4.69, 9.17) is 15.3 Å². The number of likely N-dealkylation sites (tertiary alicyclic amines) is 1. The van der Waals surface area contributed by atoms with Gasteiger partial charge in [-0.1, -0.05) is 0 Å². The summed E-state index contributed by atoms with van der Waals surface area (Å²) in [4.78, 5) is 11.6. The zero-order chi connectivity index (χ0) is 19.7. The third-order valence-corrected chi connectivity index (χ3v) is 5.61. The number of piperidine rings is 1. The summed E-state index contributed by atoms with van der Waals surface area (Å²) in [5.41, 5.74) is 9.37. The molecule has 0 bridgehead atoms. The lowest BCUT2D eigenvalue weighted by molar-refractivity contribution is 0.161. The molecule has 0 radical (unpaired) electrons. The van der Waals surface area contributed by atoms with Crippen molar-refractivity contribution in [2.75, 3.05) is 18.8 Å². The SMILES string of the molecule is CCn1c(-c2nonc2N)nc2cncc(CNC3CCN(C(C)C)CC3)c21. The van der Waals surface area contributed by atoms with Gasteiger partial charge in [-0.05, 0) is 57.0 Å². The number of nitrogen functional groups attached to an aromatic ring is 1. The van der Waals surface area contributed by atoms with Crippen LogP contribution in [-0.2, 0) is 13.1 Å². The quantitative estimate of drug-likeness (QED) is 0.664. The fourth-order valence-electron chi connectivity index (χ4n) is 4.00. The number of hydrogen-bond acceptors (Lipinski definition) is 8. The van der Waals surface area contributed by atoms with Crippen LogP contribution in [0.15, 0.2) is 17.0 Å². The van der Waals surface area contributed by atoms with Gasteiger partial charge in [0.05, 0.1) is 11.7 Å². The molecular weight excluding hydrogens is 356 g/mol. The van der Waals surface area contributed by atoms with E-state index in [0.717, 1.165) is 42.8 Å². The number of nitrogens with two attached hydrogens (primary N) is 1. The van der Waals surface area contributed by atoms with Gasteiger partial charge >= 0.3 is 0 Å². The van der Waals surface area contributed by atoms with E-state index < -0.39 is 0 Å². The van der Waals surface area contributed by atoms with Crippen molar-refractivity contribution < 1.29 is 4.63 Å². The highest BCUT2D eigenvalue weighted by Gasteiger charge is 2.22. The van der Waals surface area contributed by atoms with Crippen LogP contribution in [-0.4, -0.2) is 54.9 Å². The van der Waals surface area contributed by atoms with Crippen LogP contribution in [0.5, 0.6) is 0 Å². The summed E-state index contributed by atoms with van der Waals surface area (Å²) in [7, 11) is 0. The average Bonchev–Trinajstić information content (AvgIpc) is 3.29. The Balaban J connectivity index is 1.57. The van der Waals surface area contributed by atoms with Crippen LogP contribution in [0.25, 0.3) is 22.6 Å². The van der Waals surface area contributed by atoms with Crippen LogP contribution >= 0.6 is 0 Å². The first-order valence-electron chi connectivity index (χ1n) is 9.97. The smallest absolute Gasteiger partial charge is 0.199 e. The van der Waals surface area contributed by atoms with Crippen molar-refractivity contribution in [3.63, 3.8) is 0 Å². The average molecular weight is 384 g/mol. The van der Waals surface area contributed by atoms with Gasteiger partial charge in [-0.3, -0.25) is 4.98 Å². The molecule has 0 saturated carbocycles. The van der Waals surface area contributed by atoms with Crippen molar-refractivity contribution in [2.24, 2.45) is 0 Å². The number of anilines is 1. The molecule has 150 valence electrons. The van der Waals surface area contributed by atoms with Crippen LogP contribution in [0.1, 0.15) is 39.2 Å². The molecule has 4 heterocycles. The van der Waals surface area contributed by atoms with E-state index >= 15 is 0 Å². The van der Waals surface area contributed by atoms with Gasteiger partial charge in [-0.15, -0.1) is 0 Å². The Morgan fingerprint density at radius 1 is 1.25 bits per heavy atom. The lowest BCUT2D eigenvalue weighted by atomic mass is 10.0. The Morgan fingerprint density at radius 2 is 2.04 bits per heavy atom. The summed E-state index contributed by atoms with van der Waals surface area (Å²) >= 11 is 0. The molecule has 0 spiro atoms. The molecular formula is C19H28N8O. The number of fused-ring (bicyclic) bond motifs is 1. The van der Waals surface area contributed by atoms with E-state index in [1.54, 1.807) is 6.20 Å². The van der Waals surface area contributed by atoms with Crippen LogP contribution in [0.4, 0.5) is 5.82 Å². The molecule has 28 heavy (non-hydrogen) atoms. The van der Waals surface area contributed by atoms with Gasteiger partial charge in [0.1, 0.15) is 5.52 Å². The minimum atomic E-state index is 0.245. The highest BCUT2D eigenvalue weighted by atomic mass is 16.6. The van der Waals surface area contributed by atoms with Gasteiger partial charge < -0.3 is 20.5 Å². The number of rotatable bonds is 6. The number of pyridine rings is 1. The first-order chi connectivity index (χ1) is 13.6. The van der Waals surface area contributed by atoms with Crippen molar-refractivity contribution in [1.29, 1.82) is 0 Å². The molecule has 3 N–H and O–H groups in total. The maximum Gasteiger partial charge on any atom is 0.199 e. The molecule has 0 aromatic carbocycles. The standard InChI is InChI=1S/C19H28N8O/c1-4-27-17-13(10-22-14-5-7-26(8-6-14)12(2)3)9-21-11-15(17)23-19(27)16-18(20)25-28-24-16/h9,11-12,14,22H,4-8,10H2,1-3H3,(H2,20,25). The number of imidazole rings is 1. The van der Waals surface area contributed by atoms with E-state index in [0.29, 0.717) is 23.6 Å². The maximum atomic E-state index is 5.89. The number of aromatic nitrogens is 5. The molecule has 1 aliphatic heterocycles. The maximum absolute atomic E-state index is 5.89. The molecule has 0 unspecified atom stereocenters. The fraction of sp³-hybridized carbons (Fsp3) is 0.579. The van der Waals surface area contributed by atoms with Crippen molar-refractivity contribution >= 4 is 16.9 Å². The molecule has 1 saturated heterocycles. The summed E-state index contributed by atoms with van der Waals surface area (Å²) in [5, 5.41) is 11.3. The summed E-state index contributed by atoms with van der Waals surface area (Å²) < 4.78 is 6.87. The van der Waals surface area contributed by atoms with Crippen LogP contribution in [0.2, 0.25) is 0 Å². The monoisotopic (exact) mass is 384 g/mol. The first-order valence-corrected chi connectivity index (χ1v) is 9.97. The Hall–Kier alpha value is -2.52. The third kappa shape index (κ3) is 3.47. The van der Waals surface area contributed by atoms with Crippen molar-refractivity contribution in [1.82, 2.24) is 35.1 Å². The lowest BCUT2D eigenvalue weighted by Crippen LogP contribution is -2.44. The predicted octanol–water partition coefficient (Wildman–Crippen LogP) is 2.05. The number of aryl methyl sites for hydroxylation is 1. The zero-order valence-electron chi connectivity index (χ0n) is 16.7. The minimum Gasteiger partial charge on any atom is -0.379 e. The summed E-state index contributed by atoms with van der Waals surface area (Å²) in [6.07, 6.45) is 6.03. The van der Waals surface area contributed by atoms with Crippen LogP contribution < -0.4 is 11.1 Å². The summed E-state index contributed by atoms with van der Waals surface area (Å²) in [5.74, 6) is 0.908. The van der Waals surface area contributed by atoms with E-state index in [9.17, 15) is 0 Å². The van der Waals surface area contributed by atoms with Crippen molar-refractivity contribution in [2.45, 2.75) is 58.8 Å².